The maximum Gasteiger partial charge on any atom is 0.341 e. The summed E-state index contributed by atoms with van der Waals surface area (Å²) >= 11 is 0. The average Bonchev–Trinajstić information content (AvgIpc) is 2.65. The standard InChI is InChI=1S/C21H25NO5/c1-21(2,3)16-8-6-7-9-17(16)22-19(23)13-27-18-12-14(25-4)10-11-15(18)20(24)26-5/h6-12H,13H2,1-5H3,(H,22,23). The number of nitrogens with one attached hydrogen (secondary N) is 1. The monoisotopic (exact) mass is 371 g/mol. The quantitative estimate of drug-likeness (QED) is 0.782. The smallest absolute Gasteiger partial charge is 0.341 e. The Morgan fingerprint density at radius 2 is 1.74 bits per heavy atom. The molecule has 0 bridgehead atoms. The number of carbonyl (C=O) groups excluding carboxylic acids is 2. The molecule has 6 heteroatoms. The lowest BCUT2D eigenvalue weighted by Crippen LogP contribution is -2.23. The Kier molecular flexibility index (Phi) is 6.45. The molecule has 0 radical (unpaired) electrons. The molecule has 144 valence electrons. The minimum Gasteiger partial charge on any atom is -0.497 e. The first-order valence-electron chi connectivity index (χ1n) is 8.54. The van der Waals surface area contributed by atoms with E-state index in [9.17, 15) is 9.59 Å². The number of benzene rings is 2. The van der Waals surface area contributed by atoms with Gasteiger partial charge in [-0.2, -0.15) is 0 Å². The van der Waals surface area contributed by atoms with E-state index < -0.39 is 5.97 Å². The summed E-state index contributed by atoms with van der Waals surface area (Å²) in [4.78, 5) is 24.3. The molecule has 0 fully saturated rings. The molecule has 0 aliphatic carbocycles. The molecule has 1 amide bonds. The highest BCUT2D eigenvalue weighted by atomic mass is 16.5. The molecule has 2 rings (SSSR count). The Bertz CT molecular complexity index is 824. The van der Waals surface area contributed by atoms with Crippen molar-refractivity contribution in [1.29, 1.82) is 0 Å². The van der Waals surface area contributed by atoms with Crippen LogP contribution in [0.15, 0.2) is 42.5 Å². The van der Waals surface area contributed by atoms with Crippen molar-refractivity contribution >= 4 is 17.6 Å². The summed E-state index contributed by atoms with van der Waals surface area (Å²) < 4.78 is 15.5. The second kappa shape index (κ2) is 8.58. The van der Waals surface area contributed by atoms with Gasteiger partial charge in [0.1, 0.15) is 17.1 Å². The number of anilines is 1. The average molecular weight is 371 g/mol. The molecule has 0 saturated carbocycles. The van der Waals surface area contributed by atoms with Crippen LogP contribution in [0.3, 0.4) is 0 Å². The molecule has 1 N–H and O–H groups in total. The zero-order valence-corrected chi connectivity index (χ0v) is 16.3. The third kappa shape index (κ3) is 5.23. The summed E-state index contributed by atoms with van der Waals surface area (Å²) in [5.74, 6) is -0.145. The second-order valence-electron chi connectivity index (χ2n) is 6.99. The van der Waals surface area contributed by atoms with Crippen LogP contribution in [0.2, 0.25) is 0 Å². The van der Waals surface area contributed by atoms with Gasteiger partial charge in [0.2, 0.25) is 0 Å². The van der Waals surface area contributed by atoms with E-state index in [0.717, 1.165) is 11.3 Å². The van der Waals surface area contributed by atoms with Crippen molar-refractivity contribution in [2.75, 3.05) is 26.1 Å². The molecule has 2 aromatic rings. The van der Waals surface area contributed by atoms with Crippen LogP contribution < -0.4 is 14.8 Å². The van der Waals surface area contributed by atoms with Crippen molar-refractivity contribution in [3.05, 3.63) is 53.6 Å². The van der Waals surface area contributed by atoms with Gasteiger partial charge in [0.25, 0.3) is 5.91 Å². The summed E-state index contributed by atoms with van der Waals surface area (Å²) in [5.41, 5.74) is 1.86. The van der Waals surface area contributed by atoms with Crippen LogP contribution in [0.1, 0.15) is 36.7 Å². The van der Waals surface area contributed by atoms with Gasteiger partial charge in [-0.3, -0.25) is 4.79 Å². The Balaban J connectivity index is 2.14. The molecule has 0 saturated heterocycles. The fourth-order valence-corrected chi connectivity index (χ4v) is 2.60. The summed E-state index contributed by atoms with van der Waals surface area (Å²) in [7, 11) is 2.79. The fraction of sp³-hybridized carbons (Fsp3) is 0.333. The minimum absolute atomic E-state index is 0.115. The number of hydrogen-bond donors (Lipinski definition) is 1. The normalized spacial score (nSPS) is 10.9. The first-order valence-corrected chi connectivity index (χ1v) is 8.54. The molecule has 0 atom stereocenters. The lowest BCUT2D eigenvalue weighted by molar-refractivity contribution is -0.118. The molecule has 0 aliphatic rings. The zero-order chi connectivity index (χ0) is 20.0. The maximum absolute atomic E-state index is 12.4. The predicted molar refractivity (Wildman–Crippen MR) is 104 cm³/mol. The summed E-state index contributed by atoms with van der Waals surface area (Å²) in [5, 5.41) is 2.87. The van der Waals surface area contributed by atoms with Gasteiger partial charge in [-0.25, -0.2) is 4.79 Å². The van der Waals surface area contributed by atoms with Crippen LogP contribution in [-0.2, 0) is 14.9 Å². The second-order valence-corrected chi connectivity index (χ2v) is 6.99. The topological polar surface area (TPSA) is 73.9 Å². The third-order valence-corrected chi connectivity index (χ3v) is 3.96. The van der Waals surface area contributed by atoms with Crippen molar-refractivity contribution in [1.82, 2.24) is 0 Å². The fourth-order valence-electron chi connectivity index (χ4n) is 2.60. The van der Waals surface area contributed by atoms with E-state index in [2.05, 4.69) is 26.1 Å². The molecule has 0 aliphatic heterocycles. The van der Waals surface area contributed by atoms with Gasteiger partial charge in [-0.15, -0.1) is 0 Å². The predicted octanol–water partition coefficient (Wildman–Crippen LogP) is 3.80. The molecular formula is C21H25NO5. The Morgan fingerprint density at radius 3 is 2.37 bits per heavy atom. The number of ether oxygens (including phenoxy) is 3. The van der Waals surface area contributed by atoms with E-state index in [4.69, 9.17) is 14.2 Å². The molecular weight excluding hydrogens is 346 g/mol. The number of methoxy groups -OCH3 is 2. The van der Waals surface area contributed by atoms with E-state index in [0.29, 0.717) is 5.75 Å². The maximum atomic E-state index is 12.4. The van der Waals surface area contributed by atoms with Crippen LogP contribution in [-0.4, -0.2) is 32.7 Å². The third-order valence-electron chi connectivity index (χ3n) is 3.96. The zero-order valence-electron chi connectivity index (χ0n) is 16.3. The van der Waals surface area contributed by atoms with Crippen molar-refractivity contribution in [3.63, 3.8) is 0 Å². The van der Waals surface area contributed by atoms with E-state index in [1.807, 2.05) is 24.3 Å². The van der Waals surface area contributed by atoms with E-state index in [1.54, 1.807) is 12.1 Å². The van der Waals surface area contributed by atoms with Crippen LogP contribution in [0, 0.1) is 0 Å². The highest BCUT2D eigenvalue weighted by Crippen LogP contribution is 2.29. The van der Waals surface area contributed by atoms with Crippen molar-refractivity contribution < 1.29 is 23.8 Å². The number of rotatable bonds is 6. The lowest BCUT2D eigenvalue weighted by Gasteiger charge is -2.23. The molecule has 0 aromatic heterocycles. The van der Waals surface area contributed by atoms with Crippen LogP contribution >= 0.6 is 0 Å². The number of esters is 1. The molecule has 0 heterocycles. The van der Waals surface area contributed by atoms with Gasteiger partial charge in [-0.05, 0) is 29.2 Å². The molecule has 6 nitrogen and oxygen atoms in total. The lowest BCUT2D eigenvalue weighted by atomic mass is 9.86. The Morgan fingerprint density at radius 1 is 1.04 bits per heavy atom. The van der Waals surface area contributed by atoms with Gasteiger partial charge in [0.05, 0.1) is 14.2 Å². The Hall–Kier alpha value is -3.02. The van der Waals surface area contributed by atoms with E-state index >= 15 is 0 Å². The molecule has 2 aromatic carbocycles. The van der Waals surface area contributed by atoms with Gasteiger partial charge in [0, 0.05) is 11.8 Å². The molecule has 27 heavy (non-hydrogen) atoms. The molecule has 0 spiro atoms. The van der Waals surface area contributed by atoms with E-state index in [-0.39, 0.29) is 29.2 Å². The SMILES string of the molecule is COC(=O)c1ccc(OC)cc1OCC(=O)Nc1ccccc1C(C)(C)C. The van der Waals surface area contributed by atoms with Crippen LogP contribution in [0.4, 0.5) is 5.69 Å². The number of hydrogen-bond acceptors (Lipinski definition) is 5. The number of carbonyl (C=O) groups is 2. The van der Waals surface area contributed by atoms with Gasteiger partial charge in [0.15, 0.2) is 6.61 Å². The minimum atomic E-state index is -0.550. The highest BCUT2D eigenvalue weighted by Gasteiger charge is 2.19. The van der Waals surface area contributed by atoms with Crippen molar-refractivity contribution in [3.8, 4) is 11.5 Å². The first-order chi connectivity index (χ1) is 12.8. The van der Waals surface area contributed by atoms with Crippen LogP contribution in [0.5, 0.6) is 11.5 Å². The summed E-state index contributed by atoms with van der Waals surface area (Å²) in [6.45, 7) is 5.98. The first kappa shape index (κ1) is 20.3. The summed E-state index contributed by atoms with van der Waals surface area (Å²) in [6, 6.07) is 12.3. The molecule has 0 unspecified atom stereocenters. The van der Waals surface area contributed by atoms with Crippen molar-refractivity contribution in [2.24, 2.45) is 0 Å². The highest BCUT2D eigenvalue weighted by molar-refractivity contribution is 5.94. The van der Waals surface area contributed by atoms with Gasteiger partial charge < -0.3 is 19.5 Å². The number of amides is 1. The van der Waals surface area contributed by atoms with Crippen LogP contribution in [0.25, 0.3) is 0 Å². The summed E-state index contributed by atoms with van der Waals surface area (Å²) in [6.07, 6.45) is 0. The van der Waals surface area contributed by atoms with Gasteiger partial charge in [-0.1, -0.05) is 39.0 Å². The van der Waals surface area contributed by atoms with Crippen molar-refractivity contribution in [2.45, 2.75) is 26.2 Å². The Labute approximate surface area is 159 Å². The van der Waals surface area contributed by atoms with E-state index in [1.165, 1.54) is 20.3 Å². The number of para-hydroxylation sites is 1. The van der Waals surface area contributed by atoms with Gasteiger partial charge >= 0.3 is 5.97 Å². The largest absolute Gasteiger partial charge is 0.497 e.